The number of rotatable bonds is 6. The first kappa shape index (κ1) is 19.5. The van der Waals surface area contributed by atoms with Crippen LogP contribution in [0.2, 0.25) is 5.02 Å². The molecule has 0 aromatic heterocycles. The number of ketones is 1. The van der Waals surface area contributed by atoms with Crippen molar-refractivity contribution in [2.45, 2.75) is 6.92 Å². The Morgan fingerprint density at radius 3 is 1.93 bits per heavy atom. The molecule has 1 amide bonds. The van der Waals surface area contributed by atoms with Gasteiger partial charge in [0.15, 0.2) is 5.78 Å². The van der Waals surface area contributed by atoms with Gasteiger partial charge in [0.1, 0.15) is 11.5 Å². The lowest BCUT2D eigenvalue weighted by molar-refractivity contribution is 0.101. The van der Waals surface area contributed by atoms with Gasteiger partial charge < -0.3 is 15.4 Å². The van der Waals surface area contributed by atoms with Crippen LogP contribution in [-0.4, -0.2) is 18.7 Å². The van der Waals surface area contributed by atoms with Gasteiger partial charge in [0, 0.05) is 29.5 Å². The Morgan fingerprint density at radius 2 is 1.43 bits per heavy atom. The molecule has 0 aliphatic rings. The second-order valence-electron chi connectivity index (χ2n) is 6.11. The summed E-state index contributed by atoms with van der Waals surface area (Å²) in [6.07, 6.45) is 0. The van der Waals surface area contributed by atoms with Gasteiger partial charge in [-0.05, 0) is 73.7 Å². The predicted molar refractivity (Wildman–Crippen MR) is 112 cm³/mol. The van der Waals surface area contributed by atoms with Crippen molar-refractivity contribution in [3.8, 4) is 11.5 Å². The van der Waals surface area contributed by atoms with Gasteiger partial charge in [-0.1, -0.05) is 11.6 Å². The molecule has 3 aromatic rings. The monoisotopic (exact) mass is 394 g/mol. The SMILES string of the molecule is CNc1ccc(Oc2ccc(NC(=O)c3ccc(C(C)=O)c(Cl)c3)cc2)cc1. The van der Waals surface area contributed by atoms with E-state index in [2.05, 4.69) is 10.6 Å². The van der Waals surface area contributed by atoms with E-state index in [0.717, 1.165) is 11.4 Å². The molecule has 0 radical (unpaired) electrons. The highest BCUT2D eigenvalue weighted by Crippen LogP contribution is 2.25. The first-order valence-corrected chi connectivity index (χ1v) is 9.01. The average molecular weight is 395 g/mol. The number of anilines is 2. The molecule has 2 N–H and O–H groups in total. The van der Waals surface area contributed by atoms with E-state index >= 15 is 0 Å². The minimum Gasteiger partial charge on any atom is -0.457 e. The van der Waals surface area contributed by atoms with Crippen LogP contribution in [0.15, 0.2) is 66.7 Å². The summed E-state index contributed by atoms with van der Waals surface area (Å²) < 4.78 is 5.78. The van der Waals surface area contributed by atoms with Gasteiger partial charge >= 0.3 is 0 Å². The fourth-order valence-corrected chi connectivity index (χ4v) is 2.89. The Hall–Kier alpha value is -3.31. The predicted octanol–water partition coefficient (Wildman–Crippen LogP) is 5.63. The minimum atomic E-state index is -0.312. The van der Waals surface area contributed by atoms with Gasteiger partial charge in [-0.3, -0.25) is 9.59 Å². The van der Waals surface area contributed by atoms with Gasteiger partial charge in [0.25, 0.3) is 5.91 Å². The molecule has 5 nitrogen and oxygen atoms in total. The molecule has 0 saturated carbocycles. The number of hydrogen-bond donors (Lipinski definition) is 2. The first-order chi connectivity index (χ1) is 13.5. The topological polar surface area (TPSA) is 67.4 Å². The van der Waals surface area contributed by atoms with Crippen LogP contribution in [0.25, 0.3) is 0 Å². The molecule has 0 aliphatic heterocycles. The van der Waals surface area contributed by atoms with Crippen LogP contribution < -0.4 is 15.4 Å². The maximum Gasteiger partial charge on any atom is 0.255 e. The highest BCUT2D eigenvalue weighted by atomic mass is 35.5. The Labute approximate surface area is 168 Å². The summed E-state index contributed by atoms with van der Waals surface area (Å²) in [5.41, 5.74) is 2.39. The van der Waals surface area contributed by atoms with Crippen molar-refractivity contribution in [3.63, 3.8) is 0 Å². The van der Waals surface area contributed by atoms with E-state index in [0.29, 0.717) is 22.6 Å². The van der Waals surface area contributed by atoms with Crippen molar-refractivity contribution in [2.75, 3.05) is 17.7 Å². The summed E-state index contributed by atoms with van der Waals surface area (Å²) in [5, 5.41) is 6.10. The fraction of sp³-hybridized carbons (Fsp3) is 0.0909. The zero-order valence-corrected chi connectivity index (χ0v) is 16.2. The molecule has 0 fully saturated rings. The number of halogens is 1. The number of nitrogens with one attached hydrogen (secondary N) is 2. The van der Waals surface area contributed by atoms with Crippen molar-refractivity contribution in [3.05, 3.63) is 82.9 Å². The Kier molecular flexibility index (Phi) is 5.96. The average Bonchev–Trinajstić information content (AvgIpc) is 2.69. The van der Waals surface area contributed by atoms with Crippen molar-refractivity contribution in [1.82, 2.24) is 0 Å². The largest absolute Gasteiger partial charge is 0.457 e. The summed E-state index contributed by atoms with van der Waals surface area (Å²) in [6, 6.07) is 19.2. The molecular formula is C22H19ClN2O3. The van der Waals surface area contributed by atoms with Crippen LogP contribution in [0, 0.1) is 0 Å². The third kappa shape index (κ3) is 4.69. The quantitative estimate of drug-likeness (QED) is 0.532. The van der Waals surface area contributed by atoms with E-state index < -0.39 is 0 Å². The molecule has 0 heterocycles. The van der Waals surface area contributed by atoms with Crippen LogP contribution in [0.1, 0.15) is 27.6 Å². The smallest absolute Gasteiger partial charge is 0.255 e. The number of amides is 1. The van der Waals surface area contributed by atoms with Crippen molar-refractivity contribution in [2.24, 2.45) is 0 Å². The number of ether oxygens (including phenoxy) is 1. The highest BCUT2D eigenvalue weighted by Gasteiger charge is 2.11. The first-order valence-electron chi connectivity index (χ1n) is 8.64. The molecule has 0 spiro atoms. The molecular weight excluding hydrogens is 376 g/mol. The van der Waals surface area contributed by atoms with E-state index in [-0.39, 0.29) is 16.7 Å². The highest BCUT2D eigenvalue weighted by molar-refractivity contribution is 6.34. The molecule has 3 aromatic carbocycles. The molecule has 0 unspecified atom stereocenters. The number of benzene rings is 3. The summed E-state index contributed by atoms with van der Waals surface area (Å²) in [4.78, 5) is 23.8. The van der Waals surface area contributed by atoms with Crippen LogP contribution in [-0.2, 0) is 0 Å². The van der Waals surface area contributed by atoms with Gasteiger partial charge in [0.05, 0.1) is 5.02 Å². The maximum absolute atomic E-state index is 12.4. The van der Waals surface area contributed by atoms with E-state index in [4.69, 9.17) is 16.3 Å². The molecule has 0 saturated heterocycles. The summed E-state index contributed by atoms with van der Waals surface area (Å²) in [7, 11) is 1.86. The fourth-order valence-electron chi connectivity index (χ4n) is 2.58. The van der Waals surface area contributed by atoms with E-state index in [1.807, 2.05) is 31.3 Å². The molecule has 6 heteroatoms. The van der Waals surface area contributed by atoms with E-state index in [1.54, 1.807) is 36.4 Å². The van der Waals surface area contributed by atoms with Gasteiger partial charge in [0.2, 0.25) is 0 Å². The Morgan fingerprint density at radius 1 is 0.857 bits per heavy atom. The zero-order valence-electron chi connectivity index (χ0n) is 15.5. The van der Waals surface area contributed by atoms with Crippen LogP contribution in [0.5, 0.6) is 11.5 Å². The second-order valence-corrected chi connectivity index (χ2v) is 6.51. The van der Waals surface area contributed by atoms with Gasteiger partial charge in [-0.15, -0.1) is 0 Å². The molecule has 0 bridgehead atoms. The zero-order chi connectivity index (χ0) is 20.1. The minimum absolute atomic E-state index is 0.145. The standard InChI is InChI=1S/C22H19ClN2O3/c1-14(26)20-12-3-15(13-21(20)23)22(27)25-17-6-10-19(11-7-17)28-18-8-4-16(24-2)5-9-18/h3-13,24H,1-2H3,(H,25,27). The molecule has 142 valence electrons. The van der Waals surface area contributed by atoms with Gasteiger partial charge in [-0.2, -0.15) is 0 Å². The van der Waals surface area contributed by atoms with Crippen molar-refractivity contribution >= 4 is 34.7 Å². The number of carbonyl (C=O) groups excluding carboxylic acids is 2. The molecule has 28 heavy (non-hydrogen) atoms. The number of Topliss-reactive ketones (excluding diaryl/α,β-unsaturated/α-hetero) is 1. The van der Waals surface area contributed by atoms with Crippen LogP contribution in [0.4, 0.5) is 11.4 Å². The Balaban J connectivity index is 1.65. The normalized spacial score (nSPS) is 10.2. The number of hydrogen-bond acceptors (Lipinski definition) is 4. The summed E-state index contributed by atoms with van der Waals surface area (Å²) in [6.45, 7) is 1.43. The lowest BCUT2D eigenvalue weighted by Gasteiger charge is -2.09. The van der Waals surface area contributed by atoms with Crippen LogP contribution >= 0.6 is 11.6 Å². The second kappa shape index (κ2) is 8.59. The van der Waals surface area contributed by atoms with E-state index in [9.17, 15) is 9.59 Å². The third-order valence-electron chi connectivity index (χ3n) is 4.10. The van der Waals surface area contributed by atoms with Crippen molar-refractivity contribution in [1.29, 1.82) is 0 Å². The summed E-state index contributed by atoms with van der Waals surface area (Å²) in [5.74, 6) is 0.918. The molecule has 3 rings (SSSR count). The third-order valence-corrected chi connectivity index (χ3v) is 4.41. The van der Waals surface area contributed by atoms with Crippen molar-refractivity contribution < 1.29 is 14.3 Å². The summed E-state index contributed by atoms with van der Waals surface area (Å²) >= 11 is 6.07. The lowest BCUT2D eigenvalue weighted by Crippen LogP contribution is -2.12. The van der Waals surface area contributed by atoms with E-state index in [1.165, 1.54) is 13.0 Å². The lowest BCUT2D eigenvalue weighted by atomic mass is 10.1. The maximum atomic E-state index is 12.4. The molecule has 0 atom stereocenters. The molecule has 0 aliphatic carbocycles. The Bertz CT molecular complexity index is 999. The van der Waals surface area contributed by atoms with Gasteiger partial charge in [-0.25, -0.2) is 0 Å². The van der Waals surface area contributed by atoms with Crippen LogP contribution in [0.3, 0.4) is 0 Å². The number of carbonyl (C=O) groups is 2.